The monoisotopic (exact) mass is 385 g/mol. The number of aliphatic hydroxyl groups is 1. The second-order valence-corrected chi connectivity index (χ2v) is 6.51. The summed E-state index contributed by atoms with van der Waals surface area (Å²) >= 11 is 0. The zero-order valence-electron chi connectivity index (χ0n) is 15.1. The first-order valence-corrected chi connectivity index (χ1v) is 9.07. The van der Waals surface area contributed by atoms with Crippen LogP contribution in [0.1, 0.15) is 34.9 Å². The summed E-state index contributed by atoms with van der Waals surface area (Å²) < 4.78 is 15.1. The van der Waals surface area contributed by atoms with Gasteiger partial charge in [0.2, 0.25) is 0 Å². The molecule has 3 heterocycles. The van der Waals surface area contributed by atoms with E-state index in [1.807, 2.05) is 12.1 Å². The summed E-state index contributed by atoms with van der Waals surface area (Å²) in [6, 6.07) is 10.3. The van der Waals surface area contributed by atoms with Crippen LogP contribution < -0.4 is 10.4 Å². The van der Waals surface area contributed by atoms with Gasteiger partial charge in [0, 0.05) is 6.54 Å². The van der Waals surface area contributed by atoms with Crippen molar-refractivity contribution in [2.24, 2.45) is 0 Å². The molecule has 0 spiro atoms. The first-order valence-electron chi connectivity index (χ1n) is 9.07. The number of aromatic nitrogens is 3. The van der Waals surface area contributed by atoms with E-state index in [9.17, 15) is 9.18 Å². The largest absolute Gasteiger partial charge is 0.394 e. The number of halogens is 1. The van der Waals surface area contributed by atoms with Crippen LogP contribution in [0.2, 0.25) is 0 Å². The van der Waals surface area contributed by atoms with Gasteiger partial charge in [0.15, 0.2) is 11.3 Å². The van der Waals surface area contributed by atoms with Gasteiger partial charge in [-0.15, -0.1) is 5.10 Å². The Morgan fingerprint density at radius 1 is 1.36 bits per heavy atom. The van der Waals surface area contributed by atoms with E-state index in [0.29, 0.717) is 11.5 Å². The molecule has 8 nitrogen and oxygen atoms in total. The maximum absolute atomic E-state index is 13.7. The lowest BCUT2D eigenvalue weighted by molar-refractivity contribution is 0.0163. The molecule has 0 bridgehead atoms. The second-order valence-electron chi connectivity index (χ2n) is 6.51. The molecule has 0 aliphatic carbocycles. The van der Waals surface area contributed by atoms with Gasteiger partial charge < -0.3 is 10.0 Å². The lowest BCUT2D eigenvalue weighted by atomic mass is 10.0. The number of carbonyl (C=O) groups excluding carboxylic acids is 1. The summed E-state index contributed by atoms with van der Waals surface area (Å²) in [5, 5.41) is 13.3. The fraction of sp³-hybridized carbons (Fsp3) is 0.316. The molecule has 2 aromatic heterocycles. The van der Waals surface area contributed by atoms with Gasteiger partial charge in [-0.3, -0.25) is 9.63 Å². The van der Waals surface area contributed by atoms with Gasteiger partial charge in [-0.1, -0.05) is 12.1 Å². The molecule has 4 rings (SSSR count). The second kappa shape index (κ2) is 7.91. The quantitative estimate of drug-likeness (QED) is 0.497. The molecule has 0 unspecified atom stereocenters. The Hall–Kier alpha value is -3.04. The number of carbonyl (C=O) groups is 1. The molecule has 1 amide bonds. The molecule has 1 saturated heterocycles. The van der Waals surface area contributed by atoms with Crippen LogP contribution in [0.15, 0.2) is 42.6 Å². The third-order valence-corrected chi connectivity index (χ3v) is 4.72. The van der Waals surface area contributed by atoms with Crippen molar-refractivity contribution in [3.05, 3.63) is 59.7 Å². The van der Waals surface area contributed by atoms with Gasteiger partial charge in [0.05, 0.1) is 25.5 Å². The molecule has 1 atom stereocenters. The third kappa shape index (κ3) is 3.54. The van der Waals surface area contributed by atoms with Crippen LogP contribution in [-0.2, 0) is 4.84 Å². The molecule has 9 heteroatoms. The number of nitrogens with zero attached hydrogens (tertiary/aromatic N) is 4. The average Bonchev–Trinajstić information content (AvgIpc) is 3.34. The standard InChI is InChI=1S/C19H20FN5O3/c20-14-4-1-3-13(11-14)15-5-2-8-24(15)18-7-6-17-21-12-16(25(17)22-18)19(27)23-28-10-9-26/h1,3-4,6-7,11-12,15,26H,2,5,8-10H2,(H,23,27)/t15-/m1/s1. The van der Waals surface area contributed by atoms with Crippen LogP contribution in [0.5, 0.6) is 0 Å². The average molecular weight is 385 g/mol. The zero-order valence-corrected chi connectivity index (χ0v) is 15.1. The van der Waals surface area contributed by atoms with Gasteiger partial charge in [-0.25, -0.2) is 19.4 Å². The van der Waals surface area contributed by atoms with Crippen LogP contribution in [0.25, 0.3) is 5.65 Å². The van der Waals surface area contributed by atoms with E-state index >= 15 is 0 Å². The Bertz CT molecular complexity index is 993. The molecule has 3 aromatic rings. The molecule has 146 valence electrons. The number of imidazole rings is 1. The van der Waals surface area contributed by atoms with Crippen LogP contribution in [0.3, 0.4) is 0 Å². The topological polar surface area (TPSA) is 92.0 Å². The van der Waals surface area contributed by atoms with Crippen molar-refractivity contribution >= 4 is 17.4 Å². The molecule has 2 N–H and O–H groups in total. The molecule has 28 heavy (non-hydrogen) atoms. The smallest absolute Gasteiger partial charge is 0.295 e. The number of aliphatic hydroxyl groups excluding tert-OH is 1. The molecule has 1 aromatic carbocycles. The SMILES string of the molecule is O=C(NOCCO)c1cnc2ccc(N3CCC[C@@H]3c3cccc(F)c3)nn12. The molecule has 1 aliphatic heterocycles. The Morgan fingerprint density at radius 2 is 2.25 bits per heavy atom. The van der Waals surface area contributed by atoms with E-state index < -0.39 is 5.91 Å². The number of hydrogen-bond donors (Lipinski definition) is 2. The minimum atomic E-state index is -0.506. The van der Waals surface area contributed by atoms with Gasteiger partial charge in [-0.05, 0) is 42.7 Å². The highest BCUT2D eigenvalue weighted by molar-refractivity contribution is 5.92. The Kier molecular flexibility index (Phi) is 5.18. The number of benzene rings is 1. The molecular weight excluding hydrogens is 365 g/mol. The van der Waals surface area contributed by atoms with Crippen LogP contribution in [0.4, 0.5) is 10.2 Å². The summed E-state index contributed by atoms with van der Waals surface area (Å²) in [6.45, 7) is 0.575. The zero-order chi connectivity index (χ0) is 19.5. The molecule has 0 saturated carbocycles. The van der Waals surface area contributed by atoms with Gasteiger partial charge in [0.25, 0.3) is 5.91 Å². The molecular formula is C19H20FN5O3. The summed E-state index contributed by atoms with van der Waals surface area (Å²) in [5.41, 5.74) is 3.90. The Labute approximate surface area is 160 Å². The van der Waals surface area contributed by atoms with Gasteiger partial charge >= 0.3 is 0 Å². The minimum absolute atomic E-state index is 0.00967. The lowest BCUT2D eigenvalue weighted by Gasteiger charge is -2.26. The highest BCUT2D eigenvalue weighted by Crippen LogP contribution is 2.35. The van der Waals surface area contributed by atoms with E-state index in [-0.39, 0.29) is 30.8 Å². The van der Waals surface area contributed by atoms with Gasteiger partial charge in [-0.2, -0.15) is 0 Å². The fourth-order valence-corrected chi connectivity index (χ4v) is 3.49. The van der Waals surface area contributed by atoms with Crippen molar-refractivity contribution in [1.82, 2.24) is 20.1 Å². The Morgan fingerprint density at radius 3 is 3.07 bits per heavy atom. The van der Waals surface area contributed by atoms with E-state index in [2.05, 4.69) is 20.5 Å². The van der Waals surface area contributed by atoms with Crippen molar-refractivity contribution in [1.29, 1.82) is 0 Å². The maximum atomic E-state index is 13.7. The van der Waals surface area contributed by atoms with Crippen molar-refractivity contribution in [2.45, 2.75) is 18.9 Å². The number of hydrogen-bond acceptors (Lipinski definition) is 6. The van der Waals surface area contributed by atoms with Crippen molar-refractivity contribution in [3.8, 4) is 0 Å². The normalized spacial score (nSPS) is 16.6. The van der Waals surface area contributed by atoms with Crippen LogP contribution in [-0.4, -0.2) is 45.4 Å². The van der Waals surface area contributed by atoms with Crippen LogP contribution >= 0.6 is 0 Å². The number of anilines is 1. The maximum Gasteiger partial charge on any atom is 0.295 e. The van der Waals surface area contributed by atoms with Crippen molar-refractivity contribution in [3.63, 3.8) is 0 Å². The fourth-order valence-electron chi connectivity index (χ4n) is 3.49. The predicted molar refractivity (Wildman–Crippen MR) is 99.2 cm³/mol. The summed E-state index contributed by atoms with van der Waals surface area (Å²) in [5.74, 6) is -0.0829. The highest BCUT2D eigenvalue weighted by atomic mass is 19.1. The number of nitrogens with one attached hydrogen (secondary N) is 1. The lowest BCUT2D eigenvalue weighted by Crippen LogP contribution is -2.27. The molecule has 1 fully saturated rings. The van der Waals surface area contributed by atoms with E-state index in [0.717, 1.165) is 24.9 Å². The highest BCUT2D eigenvalue weighted by Gasteiger charge is 2.28. The number of rotatable bonds is 6. The molecule has 1 aliphatic rings. The first kappa shape index (κ1) is 18.3. The van der Waals surface area contributed by atoms with Crippen molar-refractivity contribution in [2.75, 3.05) is 24.7 Å². The number of fused-ring (bicyclic) bond motifs is 1. The van der Waals surface area contributed by atoms with Crippen molar-refractivity contribution < 1.29 is 19.1 Å². The minimum Gasteiger partial charge on any atom is -0.394 e. The van der Waals surface area contributed by atoms with Crippen LogP contribution in [0, 0.1) is 5.82 Å². The van der Waals surface area contributed by atoms with Gasteiger partial charge in [0.1, 0.15) is 11.6 Å². The number of amides is 1. The summed E-state index contributed by atoms with van der Waals surface area (Å²) in [7, 11) is 0. The Balaban J connectivity index is 1.63. The van der Waals surface area contributed by atoms with E-state index in [4.69, 9.17) is 9.94 Å². The van der Waals surface area contributed by atoms with E-state index in [1.165, 1.54) is 16.8 Å². The number of hydroxylamine groups is 1. The molecule has 0 radical (unpaired) electrons. The summed E-state index contributed by atoms with van der Waals surface area (Å²) in [6.07, 6.45) is 3.28. The van der Waals surface area contributed by atoms with E-state index in [1.54, 1.807) is 18.2 Å². The first-order chi connectivity index (χ1) is 13.7. The predicted octanol–water partition coefficient (Wildman–Crippen LogP) is 1.86. The third-order valence-electron chi connectivity index (χ3n) is 4.72. The summed E-state index contributed by atoms with van der Waals surface area (Å²) in [4.78, 5) is 23.4.